The average molecular weight is 221 g/mol. The van der Waals surface area contributed by atoms with Gasteiger partial charge in [0.25, 0.3) is 5.91 Å². The predicted octanol–water partition coefficient (Wildman–Crippen LogP) is 1.92. The number of hydrogen-bond donors (Lipinski definition) is 1. The number of nitrogens with two attached hydrogens (primary N) is 1. The van der Waals surface area contributed by atoms with Crippen LogP contribution in [0.15, 0.2) is 18.3 Å². The summed E-state index contributed by atoms with van der Waals surface area (Å²) in [6, 6.07) is 3.61. The highest BCUT2D eigenvalue weighted by atomic mass is 16.2. The molecule has 1 atom stereocenters. The van der Waals surface area contributed by atoms with E-state index >= 15 is 0 Å². The Kier molecular flexibility index (Phi) is 4.28. The molecule has 0 saturated heterocycles. The molecule has 0 radical (unpaired) electrons. The Morgan fingerprint density at radius 1 is 1.50 bits per heavy atom. The zero-order valence-corrected chi connectivity index (χ0v) is 10.1. The first-order valence-corrected chi connectivity index (χ1v) is 5.62. The van der Waals surface area contributed by atoms with E-state index in [0.717, 1.165) is 6.42 Å². The number of hydrogen-bond acceptors (Lipinski definition) is 3. The molecule has 0 aromatic carbocycles. The first kappa shape index (κ1) is 12.5. The topological polar surface area (TPSA) is 59.2 Å². The number of nitrogens with zero attached hydrogens (tertiary/aromatic N) is 2. The standard InChI is InChI=1S/C12H19N3O/c1-4-9(3)15(5-2)12(16)10-6-7-11(13)14-8-10/h6-9H,4-5H2,1-3H3,(H2,13,14). The van der Waals surface area contributed by atoms with E-state index in [1.807, 2.05) is 18.7 Å². The first-order valence-electron chi connectivity index (χ1n) is 5.62. The largest absolute Gasteiger partial charge is 0.384 e. The van der Waals surface area contributed by atoms with Crippen molar-refractivity contribution in [3.05, 3.63) is 23.9 Å². The highest BCUT2D eigenvalue weighted by Crippen LogP contribution is 2.10. The zero-order valence-electron chi connectivity index (χ0n) is 10.1. The molecule has 1 unspecified atom stereocenters. The summed E-state index contributed by atoms with van der Waals surface area (Å²) in [5.74, 6) is 0.451. The summed E-state index contributed by atoms with van der Waals surface area (Å²) in [4.78, 5) is 17.9. The minimum absolute atomic E-state index is 0.0179. The number of carbonyl (C=O) groups excluding carboxylic acids is 1. The molecule has 0 spiro atoms. The minimum Gasteiger partial charge on any atom is -0.384 e. The highest BCUT2D eigenvalue weighted by molar-refractivity contribution is 5.94. The van der Waals surface area contributed by atoms with E-state index in [1.54, 1.807) is 12.1 Å². The number of carbonyl (C=O) groups is 1. The lowest BCUT2D eigenvalue weighted by molar-refractivity contribution is 0.0699. The second-order valence-corrected chi connectivity index (χ2v) is 3.82. The fraction of sp³-hybridized carbons (Fsp3) is 0.500. The Morgan fingerprint density at radius 2 is 2.19 bits per heavy atom. The van der Waals surface area contributed by atoms with Crippen LogP contribution in [0.3, 0.4) is 0 Å². The van der Waals surface area contributed by atoms with Crippen LogP contribution in [0, 0.1) is 0 Å². The Labute approximate surface area is 96.5 Å². The smallest absolute Gasteiger partial charge is 0.255 e. The third-order valence-corrected chi connectivity index (χ3v) is 2.76. The van der Waals surface area contributed by atoms with E-state index in [9.17, 15) is 4.79 Å². The number of nitrogen functional groups attached to an aromatic ring is 1. The van der Waals surface area contributed by atoms with Gasteiger partial charge in [-0.3, -0.25) is 4.79 Å². The van der Waals surface area contributed by atoms with Crippen LogP contribution in [0.2, 0.25) is 0 Å². The molecule has 2 N–H and O–H groups in total. The lowest BCUT2D eigenvalue weighted by Crippen LogP contribution is -2.38. The molecule has 1 rings (SSSR count). The van der Waals surface area contributed by atoms with Crippen molar-refractivity contribution in [2.45, 2.75) is 33.2 Å². The Balaban J connectivity index is 2.87. The molecular weight excluding hydrogens is 202 g/mol. The Bertz CT molecular complexity index is 348. The number of anilines is 1. The van der Waals surface area contributed by atoms with Gasteiger partial charge in [-0.15, -0.1) is 0 Å². The summed E-state index contributed by atoms with van der Waals surface area (Å²) >= 11 is 0. The van der Waals surface area contributed by atoms with Crippen LogP contribution in [0.4, 0.5) is 5.82 Å². The Hall–Kier alpha value is -1.58. The molecule has 1 amide bonds. The SMILES string of the molecule is CCC(C)N(CC)C(=O)c1ccc(N)nc1. The molecule has 0 aliphatic carbocycles. The van der Waals surface area contributed by atoms with Crippen molar-refractivity contribution >= 4 is 11.7 Å². The number of aromatic nitrogens is 1. The van der Waals surface area contributed by atoms with Gasteiger partial charge in [0.05, 0.1) is 5.56 Å². The normalized spacial score (nSPS) is 12.2. The first-order chi connectivity index (χ1) is 7.60. The molecule has 88 valence electrons. The second-order valence-electron chi connectivity index (χ2n) is 3.82. The molecule has 0 saturated carbocycles. The average Bonchev–Trinajstić information content (AvgIpc) is 2.30. The summed E-state index contributed by atoms with van der Waals surface area (Å²) in [7, 11) is 0. The van der Waals surface area contributed by atoms with Gasteiger partial charge in [0.1, 0.15) is 5.82 Å². The van der Waals surface area contributed by atoms with Crippen LogP contribution in [-0.4, -0.2) is 28.4 Å². The number of rotatable bonds is 4. The zero-order chi connectivity index (χ0) is 12.1. The van der Waals surface area contributed by atoms with Gasteiger partial charge >= 0.3 is 0 Å². The molecule has 1 heterocycles. The van der Waals surface area contributed by atoms with Gasteiger partial charge in [0.15, 0.2) is 0 Å². The molecule has 4 nitrogen and oxygen atoms in total. The number of pyridine rings is 1. The molecule has 0 aliphatic rings. The molecule has 4 heteroatoms. The molecular formula is C12H19N3O. The van der Waals surface area contributed by atoms with Crippen LogP contribution < -0.4 is 5.73 Å². The van der Waals surface area contributed by atoms with Crippen molar-refractivity contribution < 1.29 is 4.79 Å². The monoisotopic (exact) mass is 221 g/mol. The van der Waals surface area contributed by atoms with E-state index in [0.29, 0.717) is 17.9 Å². The third-order valence-electron chi connectivity index (χ3n) is 2.76. The molecule has 0 bridgehead atoms. The van der Waals surface area contributed by atoms with Crippen molar-refractivity contribution in [3.8, 4) is 0 Å². The summed E-state index contributed by atoms with van der Waals surface area (Å²) in [6.45, 7) is 6.81. The summed E-state index contributed by atoms with van der Waals surface area (Å²) in [5, 5.41) is 0. The maximum absolute atomic E-state index is 12.1. The summed E-state index contributed by atoms with van der Waals surface area (Å²) in [5.41, 5.74) is 6.08. The maximum Gasteiger partial charge on any atom is 0.255 e. The maximum atomic E-state index is 12.1. The van der Waals surface area contributed by atoms with Crippen LogP contribution in [0.1, 0.15) is 37.6 Å². The fourth-order valence-corrected chi connectivity index (χ4v) is 1.57. The van der Waals surface area contributed by atoms with E-state index in [2.05, 4.69) is 11.9 Å². The van der Waals surface area contributed by atoms with Gasteiger partial charge < -0.3 is 10.6 Å². The van der Waals surface area contributed by atoms with Crippen LogP contribution in [-0.2, 0) is 0 Å². The van der Waals surface area contributed by atoms with Crippen molar-refractivity contribution in [1.29, 1.82) is 0 Å². The van der Waals surface area contributed by atoms with E-state index in [1.165, 1.54) is 6.20 Å². The van der Waals surface area contributed by atoms with Gasteiger partial charge in [0, 0.05) is 18.8 Å². The van der Waals surface area contributed by atoms with Crippen molar-refractivity contribution in [2.24, 2.45) is 0 Å². The van der Waals surface area contributed by atoms with Crippen molar-refractivity contribution in [1.82, 2.24) is 9.88 Å². The fourth-order valence-electron chi connectivity index (χ4n) is 1.57. The highest BCUT2D eigenvalue weighted by Gasteiger charge is 2.18. The van der Waals surface area contributed by atoms with Crippen molar-refractivity contribution in [2.75, 3.05) is 12.3 Å². The van der Waals surface area contributed by atoms with Crippen molar-refractivity contribution in [3.63, 3.8) is 0 Å². The lowest BCUT2D eigenvalue weighted by atomic mass is 10.1. The lowest BCUT2D eigenvalue weighted by Gasteiger charge is -2.27. The predicted molar refractivity (Wildman–Crippen MR) is 65.1 cm³/mol. The summed E-state index contributed by atoms with van der Waals surface area (Å²) in [6.07, 6.45) is 2.48. The third kappa shape index (κ3) is 2.72. The minimum atomic E-state index is 0.0179. The summed E-state index contributed by atoms with van der Waals surface area (Å²) < 4.78 is 0. The van der Waals surface area contributed by atoms with Crippen LogP contribution >= 0.6 is 0 Å². The van der Waals surface area contributed by atoms with Gasteiger partial charge in [0.2, 0.25) is 0 Å². The van der Waals surface area contributed by atoms with Gasteiger partial charge in [-0.05, 0) is 32.4 Å². The molecule has 1 aromatic heterocycles. The molecule has 0 fully saturated rings. The quantitative estimate of drug-likeness (QED) is 0.845. The van der Waals surface area contributed by atoms with E-state index < -0.39 is 0 Å². The second kappa shape index (κ2) is 5.49. The van der Waals surface area contributed by atoms with E-state index in [4.69, 9.17) is 5.73 Å². The van der Waals surface area contributed by atoms with E-state index in [-0.39, 0.29) is 11.9 Å². The van der Waals surface area contributed by atoms with Gasteiger partial charge in [-0.25, -0.2) is 4.98 Å². The molecule has 1 aromatic rings. The Morgan fingerprint density at radius 3 is 2.62 bits per heavy atom. The van der Waals surface area contributed by atoms with Crippen LogP contribution in [0.25, 0.3) is 0 Å². The number of amides is 1. The van der Waals surface area contributed by atoms with Gasteiger partial charge in [-0.2, -0.15) is 0 Å². The van der Waals surface area contributed by atoms with Gasteiger partial charge in [-0.1, -0.05) is 6.92 Å². The molecule has 16 heavy (non-hydrogen) atoms. The molecule has 0 aliphatic heterocycles. The van der Waals surface area contributed by atoms with Crippen LogP contribution in [0.5, 0.6) is 0 Å².